The van der Waals surface area contributed by atoms with Crippen LogP contribution in [0.4, 0.5) is 10.1 Å². The van der Waals surface area contributed by atoms with Gasteiger partial charge in [-0.2, -0.15) is 0 Å². The maximum Gasteiger partial charge on any atom is 0.146 e. The zero-order chi connectivity index (χ0) is 13.8. The molecule has 0 heterocycles. The molecule has 0 amide bonds. The summed E-state index contributed by atoms with van der Waals surface area (Å²) >= 11 is 9.19. The van der Waals surface area contributed by atoms with Gasteiger partial charge in [0.15, 0.2) is 0 Å². The zero-order valence-corrected chi connectivity index (χ0v) is 12.8. The van der Waals surface area contributed by atoms with E-state index in [0.717, 1.165) is 15.9 Å². The van der Waals surface area contributed by atoms with Crippen molar-refractivity contribution in [1.82, 2.24) is 0 Å². The van der Waals surface area contributed by atoms with E-state index in [-0.39, 0.29) is 11.9 Å². The lowest BCUT2D eigenvalue weighted by atomic mass is 10.1. The first-order valence-electron chi connectivity index (χ1n) is 6.00. The molecule has 0 aliphatic carbocycles. The van der Waals surface area contributed by atoms with Crippen LogP contribution in [0.25, 0.3) is 0 Å². The summed E-state index contributed by atoms with van der Waals surface area (Å²) in [5.41, 5.74) is 1.68. The fourth-order valence-corrected chi connectivity index (χ4v) is 2.39. The predicted octanol–water partition coefficient (Wildman–Crippen LogP) is 5.28. The molecule has 2 aromatic rings. The van der Waals surface area contributed by atoms with E-state index in [2.05, 4.69) is 21.2 Å². The number of hydrogen-bond acceptors (Lipinski definition) is 1. The average Bonchev–Trinajstić information content (AvgIpc) is 2.37. The smallest absolute Gasteiger partial charge is 0.146 e. The van der Waals surface area contributed by atoms with Crippen LogP contribution in [-0.2, 0) is 6.42 Å². The molecular formula is C15H14BrClFN. The Morgan fingerprint density at radius 1 is 1.21 bits per heavy atom. The Balaban J connectivity index is 2.02. The first-order chi connectivity index (χ1) is 9.04. The SMILES string of the molecule is CC(Cc1ccc(Cl)cc1)Nc1cc(Br)ccc1F. The molecule has 0 aliphatic rings. The Hall–Kier alpha value is -1.06. The fourth-order valence-electron chi connectivity index (χ4n) is 1.90. The van der Waals surface area contributed by atoms with Crippen LogP contribution in [0.2, 0.25) is 5.02 Å². The van der Waals surface area contributed by atoms with Crippen molar-refractivity contribution >= 4 is 33.2 Å². The Morgan fingerprint density at radius 2 is 1.89 bits per heavy atom. The van der Waals surface area contributed by atoms with Gasteiger partial charge >= 0.3 is 0 Å². The number of rotatable bonds is 4. The molecule has 1 nitrogen and oxygen atoms in total. The van der Waals surface area contributed by atoms with Crippen molar-refractivity contribution in [3.63, 3.8) is 0 Å². The summed E-state index contributed by atoms with van der Waals surface area (Å²) in [6.07, 6.45) is 0.809. The Morgan fingerprint density at radius 3 is 2.58 bits per heavy atom. The molecule has 4 heteroatoms. The molecule has 0 aliphatic heterocycles. The van der Waals surface area contributed by atoms with Crippen molar-refractivity contribution in [2.75, 3.05) is 5.32 Å². The summed E-state index contributed by atoms with van der Waals surface area (Å²) in [4.78, 5) is 0. The quantitative estimate of drug-likeness (QED) is 0.796. The van der Waals surface area contributed by atoms with Crippen LogP contribution in [0.15, 0.2) is 46.9 Å². The molecule has 0 radical (unpaired) electrons. The highest BCUT2D eigenvalue weighted by Gasteiger charge is 2.08. The number of hydrogen-bond donors (Lipinski definition) is 1. The van der Waals surface area contributed by atoms with E-state index in [0.29, 0.717) is 5.69 Å². The van der Waals surface area contributed by atoms with Crippen molar-refractivity contribution in [2.45, 2.75) is 19.4 Å². The average molecular weight is 343 g/mol. The molecule has 0 saturated carbocycles. The van der Waals surface area contributed by atoms with Crippen LogP contribution in [0, 0.1) is 5.82 Å². The van der Waals surface area contributed by atoms with Gasteiger partial charge in [0.2, 0.25) is 0 Å². The highest BCUT2D eigenvalue weighted by Crippen LogP contribution is 2.21. The largest absolute Gasteiger partial charge is 0.380 e. The minimum absolute atomic E-state index is 0.130. The standard InChI is InChI=1S/C15H14BrClFN/c1-10(8-11-2-5-13(17)6-3-11)19-15-9-12(16)4-7-14(15)18/h2-7,9-10,19H,8H2,1H3. The van der Waals surface area contributed by atoms with Crippen molar-refractivity contribution in [1.29, 1.82) is 0 Å². The summed E-state index contributed by atoms with van der Waals surface area (Å²) in [5, 5.41) is 3.90. The third kappa shape index (κ3) is 4.22. The number of halogens is 3. The van der Waals surface area contributed by atoms with E-state index in [1.165, 1.54) is 11.6 Å². The summed E-state index contributed by atoms with van der Waals surface area (Å²) in [6.45, 7) is 2.02. The topological polar surface area (TPSA) is 12.0 Å². The van der Waals surface area contributed by atoms with Gasteiger partial charge in [-0.05, 0) is 49.2 Å². The zero-order valence-electron chi connectivity index (χ0n) is 10.5. The van der Waals surface area contributed by atoms with Gasteiger partial charge in [-0.15, -0.1) is 0 Å². The van der Waals surface area contributed by atoms with Gasteiger partial charge in [-0.1, -0.05) is 39.7 Å². The third-order valence-corrected chi connectivity index (χ3v) is 3.53. The summed E-state index contributed by atoms with van der Waals surface area (Å²) < 4.78 is 14.5. The minimum atomic E-state index is -0.244. The monoisotopic (exact) mass is 341 g/mol. The van der Waals surface area contributed by atoms with E-state index in [4.69, 9.17) is 11.6 Å². The highest BCUT2D eigenvalue weighted by atomic mass is 79.9. The van der Waals surface area contributed by atoms with Crippen molar-refractivity contribution < 1.29 is 4.39 Å². The Kier molecular flexibility index (Phi) is 4.83. The van der Waals surface area contributed by atoms with Crippen molar-refractivity contribution in [2.24, 2.45) is 0 Å². The van der Waals surface area contributed by atoms with Gasteiger partial charge in [-0.3, -0.25) is 0 Å². The highest BCUT2D eigenvalue weighted by molar-refractivity contribution is 9.10. The molecule has 1 unspecified atom stereocenters. The molecule has 0 saturated heterocycles. The van der Waals surface area contributed by atoms with E-state index in [1.807, 2.05) is 31.2 Å². The Labute approximate surface area is 125 Å². The molecule has 19 heavy (non-hydrogen) atoms. The van der Waals surface area contributed by atoms with E-state index in [1.54, 1.807) is 12.1 Å². The lowest BCUT2D eigenvalue weighted by molar-refractivity contribution is 0.625. The molecule has 1 N–H and O–H groups in total. The number of anilines is 1. The maximum atomic E-state index is 13.6. The molecule has 2 aromatic carbocycles. The molecule has 2 rings (SSSR count). The van der Waals surface area contributed by atoms with Gasteiger partial charge in [0.25, 0.3) is 0 Å². The molecule has 0 fully saturated rings. The fraction of sp³-hybridized carbons (Fsp3) is 0.200. The second-order valence-electron chi connectivity index (χ2n) is 4.50. The normalized spacial score (nSPS) is 12.2. The molecule has 1 atom stereocenters. The number of nitrogens with one attached hydrogen (secondary N) is 1. The van der Waals surface area contributed by atoms with Crippen LogP contribution in [0.3, 0.4) is 0 Å². The van der Waals surface area contributed by atoms with Gasteiger partial charge in [0.05, 0.1) is 5.69 Å². The first-order valence-corrected chi connectivity index (χ1v) is 7.18. The maximum absolute atomic E-state index is 13.6. The summed E-state index contributed by atoms with van der Waals surface area (Å²) in [7, 11) is 0. The van der Waals surface area contributed by atoms with Crippen molar-refractivity contribution in [3.05, 3.63) is 63.3 Å². The second-order valence-corrected chi connectivity index (χ2v) is 5.85. The third-order valence-electron chi connectivity index (χ3n) is 2.79. The Bertz CT molecular complexity index is 557. The van der Waals surface area contributed by atoms with E-state index in [9.17, 15) is 4.39 Å². The van der Waals surface area contributed by atoms with Gasteiger partial charge in [-0.25, -0.2) is 4.39 Å². The second kappa shape index (κ2) is 6.40. The lowest BCUT2D eigenvalue weighted by Gasteiger charge is -2.16. The van der Waals surface area contributed by atoms with E-state index >= 15 is 0 Å². The van der Waals surface area contributed by atoms with Crippen LogP contribution in [0.5, 0.6) is 0 Å². The van der Waals surface area contributed by atoms with E-state index < -0.39 is 0 Å². The first kappa shape index (κ1) is 14.4. The van der Waals surface area contributed by atoms with Crippen LogP contribution < -0.4 is 5.32 Å². The molecular weight excluding hydrogens is 329 g/mol. The lowest BCUT2D eigenvalue weighted by Crippen LogP contribution is -2.18. The number of benzene rings is 2. The van der Waals surface area contributed by atoms with Crippen LogP contribution in [-0.4, -0.2) is 6.04 Å². The van der Waals surface area contributed by atoms with Gasteiger partial charge in [0, 0.05) is 15.5 Å². The molecule has 100 valence electrons. The van der Waals surface area contributed by atoms with Crippen LogP contribution >= 0.6 is 27.5 Å². The molecule has 0 aromatic heterocycles. The molecule has 0 bridgehead atoms. The predicted molar refractivity (Wildman–Crippen MR) is 82.3 cm³/mol. The van der Waals surface area contributed by atoms with Crippen molar-refractivity contribution in [3.8, 4) is 0 Å². The summed E-state index contributed by atoms with van der Waals surface area (Å²) in [6, 6.07) is 12.7. The molecule has 0 spiro atoms. The summed E-state index contributed by atoms with van der Waals surface area (Å²) in [5.74, 6) is -0.244. The minimum Gasteiger partial charge on any atom is -0.380 e. The van der Waals surface area contributed by atoms with Crippen LogP contribution in [0.1, 0.15) is 12.5 Å². The van der Waals surface area contributed by atoms with Gasteiger partial charge < -0.3 is 5.32 Å². The van der Waals surface area contributed by atoms with Gasteiger partial charge in [0.1, 0.15) is 5.82 Å².